The molecule has 4 aliphatic rings. The van der Waals surface area contributed by atoms with E-state index in [2.05, 4.69) is 21.3 Å². The Balaban J connectivity index is 1.14. The third kappa shape index (κ3) is 5.55. The Kier molecular flexibility index (Phi) is 7.92. The number of amides is 1. The van der Waals surface area contributed by atoms with E-state index in [9.17, 15) is 14.7 Å². The highest BCUT2D eigenvalue weighted by molar-refractivity contribution is 7.97. The number of thiophene rings is 1. The molecule has 1 aromatic carbocycles. The lowest BCUT2D eigenvalue weighted by Crippen LogP contribution is -2.58. The number of rotatable bonds is 7. The molecular weight excluding hydrogens is 592 g/mol. The lowest BCUT2D eigenvalue weighted by molar-refractivity contribution is -0.121. The van der Waals surface area contributed by atoms with Gasteiger partial charge >= 0.3 is 5.97 Å². The summed E-state index contributed by atoms with van der Waals surface area (Å²) in [5, 5.41) is 10.8. The second-order valence-corrected chi connectivity index (χ2v) is 14.3. The van der Waals surface area contributed by atoms with Crippen LogP contribution in [0.3, 0.4) is 0 Å². The maximum absolute atomic E-state index is 13.9. The van der Waals surface area contributed by atoms with Crippen molar-refractivity contribution in [2.75, 3.05) is 36.0 Å². The van der Waals surface area contributed by atoms with E-state index in [1.165, 1.54) is 17.8 Å². The summed E-state index contributed by atoms with van der Waals surface area (Å²) in [5.41, 5.74) is 1.40. The van der Waals surface area contributed by atoms with E-state index in [1.807, 2.05) is 29.3 Å². The van der Waals surface area contributed by atoms with Crippen molar-refractivity contribution in [1.29, 1.82) is 0 Å². The zero-order valence-electron chi connectivity index (χ0n) is 23.2. The quantitative estimate of drug-likeness (QED) is 0.301. The number of hydrogen-bond donors (Lipinski definition) is 1. The highest BCUT2D eigenvalue weighted by Gasteiger charge is 2.42. The van der Waals surface area contributed by atoms with Crippen molar-refractivity contribution in [3.63, 3.8) is 0 Å². The molecule has 0 radical (unpaired) electrons. The molecule has 3 aliphatic heterocycles. The minimum absolute atomic E-state index is 0.0649. The number of aromatic nitrogens is 1. The van der Waals surface area contributed by atoms with Crippen LogP contribution in [0.15, 0.2) is 53.6 Å². The number of carbonyl (C=O) groups excluding carboxylic acids is 1. The number of carboxylic acid groups (broad SMARTS) is 1. The summed E-state index contributed by atoms with van der Waals surface area (Å²) >= 11 is 8.88. The lowest BCUT2D eigenvalue weighted by Gasteiger charge is -2.45. The first-order valence-corrected chi connectivity index (χ1v) is 16.6. The third-order valence-electron chi connectivity index (χ3n) is 8.94. The minimum Gasteiger partial charge on any atom is -0.477 e. The molecule has 42 heavy (non-hydrogen) atoms. The zero-order chi connectivity index (χ0) is 28.8. The molecule has 1 amide bonds. The first-order chi connectivity index (χ1) is 20.4. The number of ether oxygens (including phenoxy) is 1. The average molecular weight is 625 g/mol. The van der Waals surface area contributed by atoms with E-state index in [0.717, 1.165) is 66.4 Å². The molecule has 1 N–H and O–H groups in total. The highest BCUT2D eigenvalue weighted by atomic mass is 35.5. The van der Waals surface area contributed by atoms with Gasteiger partial charge in [-0.15, -0.1) is 11.3 Å². The number of morpholine rings is 1. The van der Waals surface area contributed by atoms with Crippen molar-refractivity contribution in [2.24, 2.45) is 5.92 Å². The van der Waals surface area contributed by atoms with Crippen molar-refractivity contribution in [3.05, 3.63) is 58.6 Å². The van der Waals surface area contributed by atoms with Gasteiger partial charge in [-0.3, -0.25) is 4.79 Å². The van der Waals surface area contributed by atoms with Crippen molar-refractivity contribution < 1.29 is 19.4 Å². The molecule has 8 nitrogen and oxygen atoms in total. The molecule has 7 rings (SSSR count). The maximum atomic E-state index is 13.9. The largest absolute Gasteiger partial charge is 0.477 e. The van der Waals surface area contributed by atoms with Gasteiger partial charge in [0.05, 0.1) is 37.0 Å². The van der Waals surface area contributed by atoms with Gasteiger partial charge < -0.3 is 19.6 Å². The van der Waals surface area contributed by atoms with Crippen LogP contribution in [-0.2, 0) is 9.53 Å². The van der Waals surface area contributed by atoms with Gasteiger partial charge in [0.15, 0.2) is 0 Å². The number of pyridine rings is 1. The third-order valence-corrected chi connectivity index (χ3v) is 11.3. The average Bonchev–Trinajstić information content (AvgIpc) is 3.75. The SMILES string of the molecule is O=C(O)c1sc(-c2ccc(Cl)cc2)cc1N1C(=O)CN(Sc2ccc(N3CC4CC3CO4)nc2)CC1C1CCCCC1. The molecule has 4 fully saturated rings. The number of carboxylic acids is 1. The fourth-order valence-corrected chi connectivity index (χ4v) is 8.97. The molecule has 3 aromatic rings. The summed E-state index contributed by atoms with van der Waals surface area (Å²) in [7, 11) is 0. The van der Waals surface area contributed by atoms with Crippen molar-refractivity contribution >= 4 is 58.3 Å². The standard InChI is InChI=1S/C31H33ClN4O4S2/c32-21-8-6-20(7-9-21)27-13-25(30(41-27)31(38)39)36-26(19-4-2-1-3-5-19)16-34(17-29(36)37)42-24-10-11-28(33-14-24)35-15-23-12-22(35)18-40-23/h6-11,13-14,19,22-23,26H,1-5,12,15-18H2,(H,38,39). The second kappa shape index (κ2) is 11.8. The lowest BCUT2D eigenvalue weighted by atomic mass is 9.82. The summed E-state index contributed by atoms with van der Waals surface area (Å²) in [6, 6.07) is 13.7. The normalized spacial score (nSPS) is 25.0. The van der Waals surface area contributed by atoms with Gasteiger partial charge in [0.25, 0.3) is 0 Å². The van der Waals surface area contributed by atoms with Crippen LogP contribution < -0.4 is 9.80 Å². The number of anilines is 2. The molecule has 11 heteroatoms. The predicted molar refractivity (Wildman–Crippen MR) is 167 cm³/mol. The van der Waals surface area contributed by atoms with Gasteiger partial charge in [0.1, 0.15) is 10.7 Å². The smallest absolute Gasteiger partial charge is 0.348 e. The molecule has 220 valence electrons. The van der Waals surface area contributed by atoms with E-state index < -0.39 is 5.97 Å². The van der Waals surface area contributed by atoms with E-state index >= 15 is 0 Å². The number of halogens is 1. The van der Waals surface area contributed by atoms with Crippen LogP contribution in [0.4, 0.5) is 11.5 Å². The van der Waals surface area contributed by atoms with E-state index in [1.54, 1.807) is 24.1 Å². The molecule has 1 aliphatic carbocycles. The number of fused-ring (bicyclic) bond motifs is 2. The van der Waals surface area contributed by atoms with Crippen LogP contribution in [0.5, 0.6) is 0 Å². The van der Waals surface area contributed by atoms with Crippen molar-refractivity contribution in [2.45, 2.75) is 61.6 Å². The summed E-state index contributed by atoms with van der Waals surface area (Å²) in [5.74, 6) is 0.224. The Labute approximate surface area is 258 Å². The van der Waals surface area contributed by atoms with Crippen LogP contribution in [-0.4, -0.2) is 70.7 Å². The Bertz CT molecular complexity index is 1460. The van der Waals surface area contributed by atoms with Gasteiger partial charge in [-0.05, 0) is 73.0 Å². The zero-order valence-corrected chi connectivity index (χ0v) is 25.5. The maximum Gasteiger partial charge on any atom is 0.348 e. The van der Waals surface area contributed by atoms with Crippen LogP contribution in [0.2, 0.25) is 5.02 Å². The van der Waals surface area contributed by atoms with E-state index in [-0.39, 0.29) is 23.4 Å². The van der Waals surface area contributed by atoms with Gasteiger partial charge in [-0.1, -0.05) is 43.0 Å². The molecule has 2 bridgehead atoms. The number of aromatic carboxylic acids is 1. The molecule has 3 atom stereocenters. The summed E-state index contributed by atoms with van der Waals surface area (Å²) in [4.78, 5) is 37.3. The summed E-state index contributed by atoms with van der Waals surface area (Å²) < 4.78 is 7.87. The summed E-state index contributed by atoms with van der Waals surface area (Å²) in [6.45, 7) is 2.53. The molecule has 3 saturated heterocycles. The second-order valence-electron chi connectivity index (χ2n) is 11.6. The van der Waals surface area contributed by atoms with Gasteiger partial charge in [-0.25, -0.2) is 14.1 Å². The number of benzene rings is 1. The van der Waals surface area contributed by atoms with Crippen molar-refractivity contribution in [1.82, 2.24) is 9.29 Å². The molecule has 2 aromatic heterocycles. The molecular formula is C31H33ClN4O4S2. The van der Waals surface area contributed by atoms with Crippen LogP contribution in [0.25, 0.3) is 10.4 Å². The van der Waals surface area contributed by atoms with Crippen LogP contribution in [0.1, 0.15) is 48.2 Å². The molecule has 3 unspecified atom stereocenters. The first kappa shape index (κ1) is 28.2. The Morgan fingerprint density at radius 2 is 1.90 bits per heavy atom. The summed E-state index contributed by atoms with van der Waals surface area (Å²) in [6.07, 6.45) is 8.85. The molecule has 1 saturated carbocycles. The monoisotopic (exact) mass is 624 g/mol. The number of nitrogens with zero attached hydrogens (tertiary/aromatic N) is 4. The van der Waals surface area contributed by atoms with Crippen LogP contribution >= 0.6 is 34.9 Å². The Morgan fingerprint density at radius 3 is 2.57 bits per heavy atom. The van der Waals surface area contributed by atoms with Gasteiger partial charge in [0.2, 0.25) is 5.91 Å². The number of carbonyl (C=O) groups is 2. The molecule has 0 spiro atoms. The van der Waals surface area contributed by atoms with Crippen LogP contribution in [0, 0.1) is 5.92 Å². The number of hydrogen-bond acceptors (Lipinski definition) is 8. The predicted octanol–water partition coefficient (Wildman–Crippen LogP) is 6.44. The van der Waals surface area contributed by atoms with Crippen molar-refractivity contribution in [3.8, 4) is 10.4 Å². The van der Waals surface area contributed by atoms with E-state index in [0.29, 0.717) is 35.3 Å². The minimum atomic E-state index is -1.01. The topological polar surface area (TPSA) is 86.2 Å². The van der Waals surface area contributed by atoms with Gasteiger partial charge in [-0.2, -0.15) is 0 Å². The Morgan fingerprint density at radius 1 is 1.10 bits per heavy atom. The first-order valence-electron chi connectivity index (χ1n) is 14.7. The number of piperazine rings is 1. The van der Waals surface area contributed by atoms with Gasteiger partial charge in [0, 0.05) is 34.1 Å². The fourth-order valence-electron chi connectivity index (χ4n) is 6.92. The molecule has 5 heterocycles. The van der Waals surface area contributed by atoms with E-state index in [4.69, 9.17) is 21.3 Å². The highest BCUT2D eigenvalue weighted by Crippen LogP contribution is 2.43. The fraction of sp³-hybridized carbons (Fsp3) is 0.452. The Hall–Kier alpha value is -2.63.